The largest absolute Gasteiger partial charge is 0.490 e. The van der Waals surface area contributed by atoms with Crippen molar-refractivity contribution in [3.05, 3.63) is 70.0 Å². The molecular formula is C42H57ClFN5O6S. The summed E-state index contributed by atoms with van der Waals surface area (Å²) < 4.78 is 58.5. The minimum Gasteiger partial charge on any atom is -0.490 e. The van der Waals surface area contributed by atoms with E-state index in [0.29, 0.717) is 55.7 Å². The zero-order valence-corrected chi connectivity index (χ0v) is 34.7. The summed E-state index contributed by atoms with van der Waals surface area (Å²) in [7, 11) is -0.646. The standard InChI is InChI=1S/C42H57ClFN5O6S/c1-28-9-13-35(44)39(41(51)46(3)25-30-15-19-47(20-16-30)21-22-54-4)48-18-6-8-38(48)49-26-42(17-5-7-31-23-33(43)11-12-34(31)42)27-55-37-14-10-32(24-36(37)49)40(50)45-56(52,53)29(28)2/h10-14,23-24,28-30,38-39H,5-9,15-22,25-27H2,1-4H3,(H,45,50)/b35-13-/t28-,29+,38+,39+,42-/m0/s1. The van der Waals surface area contributed by atoms with Crippen molar-refractivity contribution in [2.45, 2.75) is 88.1 Å². The summed E-state index contributed by atoms with van der Waals surface area (Å²) in [6.45, 7) is 8.52. The Morgan fingerprint density at radius 1 is 1.11 bits per heavy atom. The number of hydrogen-bond donors (Lipinski definition) is 1. The molecular weight excluding hydrogens is 757 g/mol. The van der Waals surface area contributed by atoms with E-state index in [1.54, 1.807) is 44.2 Å². The number of fused-ring (bicyclic) bond motifs is 5. The molecule has 11 nitrogen and oxygen atoms in total. The predicted octanol–water partition coefficient (Wildman–Crippen LogP) is 5.76. The van der Waals surface area contributed by atoms with Crippen LogP contribution in [-0.4, -0.2) is 119 Å². The van der Waals surface area contributed by atoms with Gasteiger partial charge in [-0.3, -0.25) is 14.5 Å². The Hall–Kier alpha value is -3.23. The molecule has 0 radical (unpaired) electrons. The van der Waals surface area contributed by atoms with E-state index in [9.17, 15) is 18.0 Å². The van der Waals surface area contributed by atoms with E-state index in [-0.39, 0.29) is 23.8 Å². The number of nitrogens with one attached hydrogen (secondary N) is 1. The zero-order chi connectivity index (χ0) is 39.8. The smallest absolute Gasteiger partial charge is 0.264 e. The number of methoxy groups -OCH3 is 1. The number of aryl methyl sites for hydroxylation is 1. The van der Waals surface area contributed by atoms with Gasteiger partial charge >= 0.3 is 0 Å². The van der Waals surface area contributed by atoms with Gasteiger partial charge in [0.2, 0.25) is 15.9 Å². The van der Waals surface area contributed by atoms with E-state index in [0.717, 1.165) is 63.7 Å². The van der Waals surface area contributed by atoms with Crippen LogP contribution in [0.5, 0.6) is 5.75 Å². The van der Waals surface area contributed by atoms with Crippen LogP contribution in [0.1, 0.15) is 80.3 Å². The van der Waals surface area contributed by atoms with Gasteiger partial charge in [-0.25, -0.2) is 17.5 Å². The molecule has 1 spiro atoms. The number of hydrogen-bond acceptors (Lipinski definition) is 9. The van der Waals surface area contributed by atoms with Crippen molar-refractivity contribution in [2.75, 3.05) is 71.5 Å². The number of benzene rings is 2. The van der Waals surface area contributed by atoms with E-state index in [4.69, 9.17) is 21.1 Å². The lowest BCUT2D eigenvalue weighted by Crippen LogP contribution is -2.58. The maximum Gasteiger partial charge on any atom is 0.264 e. The summed E-state index contributed by atoms with van der Waals surface area (Å²) in [4.78, 5) is 36.8. The van der Waals surface area contributed by atoms with Gasteiger partial charge in [0.15, 0.2) is 0 Å². The number of sulfonamides is 1. The van der Waals surface area contributed by atoms with E-state index in [1.807, 2.05) is 17.0 Å². The molecule has 0 aromatic heterocycles. The van der Waals surface area contributed by atoms with Crippen LogP contribution in [-0.2, 0) is 31.4 Å². The minimum absolute atomic E-state index is 0.0753. The molecule has 4 heterocycles. The topological polar surface area (TPSA) is 112 Å². The molecule has 2 bridgehead atoms. The van der Waals surface area contributed by atoms with E-state index < -0.39 is 50.5 Å². The number of nitrogens with zero attached hydrogens (tertiary/aromatic N) is 4. The first kappa shape index (κ1) is 40.9. The van der Waals surface area contributed by atoms with Crippen LogP contribution < -0.4 is 14.4 Å². The zero-order valence-electron chi connectivity index (χ0n) is 33.1. The number of halogens is 2. The van der Waals surface area contributed by atoms with Crippen molar-refractivity contribution >= 4 is 39.1 Å². The van der Waals surface area contributed by atoms with Crippen LogP contribution in [0.3, 0.4) is 0 Å². The highest BCUT2D eigenvalue weighted by Crippen LogP contribution is 2.47. The lowest BCUT2D eigenvalue weighted by Gasteiger charge is -2.45. The number of piperidine rings is 1. The van der Waals surface area contributed by atoms with Gasteiger partial charge < -0.3 is 24.2 Å². The van der Waals surface area contributed by atoms with Gasteiger partial charge in [0.1, 0.15) is 17.6 Å². The molecule has 1 N–H and O–H groups in total. The lowest BCUT2D eigenvalue weighted by molar-refractivity contribution is -0.136. The number of likely N-dealkylation sites (tertiary alicyclic amines) is 1. The van der Waals surface area contributed by atoms with Crippen LogP contribution in [0, 0.1) is 11.8 Å². The molecule has 2 aromatic carbocycles. The average molecular weight is 814 g/mol. The van der Waals surface area contributed by atoms with Crippen molar-refractivity contribution in [3.8, 4) is 5.75 Å². The summed E-state index contributed by atoms with van der Waals surface area (Å²) in [5, 5.41) is -0.333. The Labute approximate surface area is 336 Å². The van der Waals surface area contributed by atoms with Gasteiger partial charge in [-0.2, -0.15) is 0 Å². The second kappa shape index (κ2) is 16.9. The predicted molar refractivity (Wildman–Crippen MR) is 216 cm³/mol. The maximum absolute atomic E-state index is 17.1. The Kier molecular flexibility index (Phi) is 12.4. The fourth-order valence-electron chi connectivity index (χ4n) is 9.61. The Bertz CT molecular complexity index is 1920. The summed E-state index contributed by atoms with van der Waals surface area (Å²) in [5.74, 6) is -1.33. The average Bonchev–Trinajstić information content (AvgIpc) is 3.59. The number of amides is 2. The van der Waals surface area contributed by atoms with Crippen molar-refractivity contribution in [1.29, 1.82) is 0 Å². The van der Waals surface area contributed by atoms with Gasteiger partial charge in [0.25, 0.3) is 5.91 Å². The fraction of sp³-hybridized carbons (Fsp3) is 0.619. The van der Waals surface area contributed by atoms with Crippen LogP contribution in [0.15, 0.2) is 48.3 Å². The Balaban J connectivity index is 1.29. The van der Waals surface area contributed by atoms with Crippen LogP contribution in [0.2, 0.25) is 5.02 Å². The highest BCUT2D eigenvalue weighted by molar-refractivity contribution is 7.90. The maximum atomic E-state index is 17.1. The summed E-state index contributed by atoms with van der Waals surface area (Å²) >= 11 is 6.49. The Morgan fingerprint density at radius 3 is 2.66 bits per heavy atom. The molecule has 2 saturated heterocycles. The summed E-state index contributed by atoms with van der Waals surface area (Å²) in [6, 6.07) is 9.85. The molecule has 2 aromatic rings. The van der Waals surface area contributed by atoms with E-state index in [2.05, 4.69) is 20.6 Å². The van der Waals surface area contributed by atoms with Crippen molar-refractivity contribution in [2.24, 2.45) is 11.8 Å². The number of carbonyl (C=O) groups excluding carboxylic acids is 2. The molecule has 306 valence electrons. The number of rotatable bonds is 6. The first-order chi connectivity index (χ1) is 26.8. The second-order valence-corrected chi connectivity index (χ2v) is 19.3. The molecule has 1 aliphatic carbocycles. The molecule has 56 heavy (non-hydrogen) atoms. The van der Waals surface area contributed by atoms with Gasteiger partial charge in [-0.05, 0) is 125 Å². The molecule has 2 fully saturated rings. The number of ether oxygens (including phenoxy) is 2. The highest BCUT2D eigenvalue weighted by atomic mass is 35.5. The first-order valence-electron chi connectivity index (χ1n) is 20.3. The molecule has 7 rings (SSSR count). The SMILES string of the molecule is COCCN1CCC(CN(C)C(=O)[C@H]2/C(F)=C/C[C@H](C)[C@@H](C)S(=O)(=O)NC(=O)c3ccc4c(c3)N(C[C@@]3(CCCc5cc(Cl)ccc53)CO4)[C@@H]3CCCN23)CC1. The molecule has 14 heteroatoms. The third kappa shape index (κ3) is 8.34. The van der Waals surface area contributed by atoms with Gasteiger partial charge in [0, 0.05) is 56.3 Å². The molecule has 2 amide bonds. The van der Waals surface area contributed by atoms with Gasteiger partial charge in [0.05, 0.1) is 30.3 Å². The summed E-state index contributed by atoms with van der Waals surface area (Å²) in [6.07, 6.45) is 6.98. The third-order valence-electron chi connectivity index (χ3n) is 13.1. The molecule has 0 unspecified atom stereocenters. The van der Waals surface area contributed by atoms with Crippen LogP contribution in [0.25, 0.3) is 0 Å². The molecule has 5 aliphatic rings. The van der Waals surface area contributed by atoms with Crippen LogP contribution >= 0.6 is 11.6 Å². The van der Waals surface area contributed by atoms with Crippen molar-refractivity contribution in [3.63, 3.8) is 0 Å². The van der Waals surface area contributed by atoms with Crippen LogP contribution in [0.4, 0.5) is 10.1 Å². The first-order valence-corrected chi connectivity index (χ1v) is 22.2. The second-order valence-electron chi connectivity index (χ2n) is 16.8. The van der Waals surface area contributed by atoms with Crippen molar-refractivity contribution in [1.82, 2.24) is 19.4 Å². The van der Waals surface area contributed by atoms with Gasteiger partial charge in [-0.15, -0.1) is 0 Å². The molecule has 5 atom stereocenters. The Morgan fingerprint density at radius 2 is 1.89 bits per heavy atom. The normalized spacial score (nSPS) is 29.8. The minimum atomic E-state index is -4.13. The van der Waals surface area contributed by atoms with Gasteiger partial charge in [-0.1, -0.05) is 30.7 Å². The van der Waals surface area contributed by atoms with Crippen molar-refractivity contribution < 1.29 is 31.9 Å². The molecule has 4 aliphatic heterocycles. The quantitative estimate of drug-likeness (QED) is 0.390. The fourth-order valence-corrected chi connectivity index (χ4v) is 11.1. The number of carbonyl (C=O) groups is 2. The van der Waals surface area contributed by atoms with E-state index in [1.165, 1.54) is 18.6 Å². The monoisotopic (exact) mass is 813 g/mol. The number of allylic oxidation sites excluding steroid dienone is 1. The number of anilines is 1. The number of likely N-dealkylation sites (N-methyl/N-ethyl adjacent to an activating group) is 1. The third-order valence-corrected chi connectivity index (χ3v) is 15.3. The van der Waals surface area contributed by atoms with E-state index >= 15 is 4.39 Å². The highest BCUT2D eigenvalue weighted by Gasteiger charge is 2.48. The summed E-state index contributed by atoms with van der Waals surface area (Å²) in [5.41, 5.74) is 2.65. The lowest BCUT2D eigenvalue weighted by atomic mass is 9.70. The molecule has 0 saturated carbocycles.